The van der Waals surface area contributed by atoms with Crippen molar-refractivity contribution in [1.29, 1.82) is 0 Å². The van der Waals surface area contributed by atoms with Gasteiger partial charge in [-0.3, -0.25) is 9.67 Å². The lowest BCUT2D eigenvalue weighted by molar-refractivity contribution is 0.390. The fourth-order valence-electron chi connectivity index (χ4n) is 2.94. The summed E-state index contributed by atoms with van der Waals surface area (Å²) in [7, 11) is -3.55. The highest BCUT2D eigenvalue weighted by atomic mass is 32.2. The molecule has 3 rings (SSSR count). The maximum atomic E-state index is 13.0. The average molecular weight is 320 g/mol. The first kappa shape index (κ1) is 15.2. The molecule has 1 atom stereocenters. The zero-order chi connectivity index (χ0) is 15.7. The fourth-order valence-corrected chi connectivity index (χ4v) is 4.78. The van der Waals surface area contributed by atoms with Crippen LogP contribution < -0.4 is 0 Å². The number of pyridine rings is 1. The predicted molar refractivity (Wildman–Crippen MR) is 82.7 cm³/mol. The molecular weight excluding hydrogens is 300 g/mol. The summed E-state index contributed by atoms with van der Waals surface area (Å²) in [5.41, 5.74) is 1.36. The second-order valence-corrected chi connectivity index (χ2v) is 7.32. The van der Waals surface area contributed by atoms with Crippen LogP contribution in [0.5, 0.6) is 0 Å². The third-order valence-corrected chi connectivity index (χ3v) is 6.06. The second kappa shape index (κ2) is 5.81. The zero-order valence-corrected chi connectivity index (χ0v) is 13.6. The molecule has 1 aliphatic heterocycles. The van der Waals surface area contributed by atoms with Gasteiger partial charge in [0.15, 0.2) is 0 Å². The van der Waals surface area contributed by atoms with Gasteiger partial charge in [0.05, 0.1) is 17.4 Å². The molecule has 0 N–H and O–H groups in total. The summed E-state index contributed by atoms with van der Waals surface area (Å²) < 4.78 is 29.3. The van der Waals surface area contributed by atoms with E-state index in [1.54, 1.807) is 28.3 Å². The third kappa shape index (κ3) is 2.55. The molecule has 0 spiro atoms. The van der Waals surface area contributed by atoms with Gasteiger partial charge >= 0.3 is 0 Å². The molecule has 3 heterocycles. The summed E-state index contributed by atoms with van der Waals surface area (Å²) in [5.74, 6) is 0. The number of rotatable bonds is 4. The number of aromatic nitrogens is 3. The van der Waals surface area contributed by atoms with Crippen molar-refractivity contribution in [2.75, 3.05) is 6.54 Å². The molecule has 1 aliphatic rings. The Morgan fingerprint density at radius 3 is 2.82 bits per heavy atom. The summed E-state index contributed by atoms with van der Waals surface area (Å²) in [6.07, 6.45) is 4.98. The Morgan fingerprint density at radius 1 is 1.36 bits per heavy atom. The van der Waals surface area contributed by atoms with Crippen LogP contribution >= 0.6 is 0 Å². The number of hydrogen-bond acceptors (Lipinski definition) is 4. The van der Waals surface area contributed by atoms with Gasteiger partial charge in [0, 0.05) is 25.5 Å². The van der Waals surface area contributed by atoms with Crippen molar-refractivity contribution in [3.05, 3.63) is 42.0 Å². The van der Waals surface area contributed by atoms with Crippen LogP contribution in [-0.4, -0.2) is 34.0 Å². The second-order valence-electron chi connectivity index (χ2n) is 5.46. The van der Waals surface area contributed by atoms with E-state index in [9.17, 15) is 8.42 Å². The van der Waals surface area contributed by atoms with Crippen molar-refractivity contribution in [1.82, 2.24) is 19.1 Å². The fraction of sp³-hybridized carbons (Fsp3) is 0.467. The van der Waals surface area contributed by atoms with Crippen LogP contribution in [0.15, 0.2) is 35.5 Å². The normalized spacial score (nSPS) is 19.6. The number of hydrogen-bond donors (Lipinski definition) is 0. The monoisotopic (exact) mass is 320 g/mol. The Morgan fingerprint density at radius 2 is 2.18 bits per heavy atom. The van der Waals surface area contributed by atoms with E-state index >= 15 is 0 Å². The highest BCUT2D eigenvalue weighted by Gasteiger charge is 2.38. The largest absolute Gasteiger partial charge is 0.271 e. The molecular formula is C15H20N4O2S. The van der Waals surface area contributed by atoms with Gasteiger partial charge in [0.2, 0.25) is 10.0 Å². The van der Waals surface area contributed by atoms with E-state index < -0.39 is 10.0 Å². The molecule has 0 aromatic carbocycles. The van der Waals surface area contributed by atoms with Crippen molar-refractivity contribution in [2.24, 2.45) is 0 Å². The Balaban J connectivity index is 1.99. The Labute approximate surface area is 130 Å². The molecule has 0 radical (unpaired) electrons. The summed E-state index contributed by atoms with van der Waals surface area (Å²) in [6, 6.07) is 5.44. The SMILES string of the molecule is CCn1cc(S(=O)(=O)N2CCC[C@@H]2c2ccccn2)c(C)n1. The van der Waals surface area contributed by atoms with Gasteiger partial charge in [-0.1, -0.05) is 6.07 Å². The molecule has 1 fully saturated rings. The first-order chi connectivity index (χ1) is 10.5. The van der Waals surface area contributed by atoms with Gasteiger partial charge in [-0.05, 0) is 38.8 Å². The van der Waals surface area contributed by atoms with E-state index in [0.717, 1.165) is 18.5 Å². The Bertz CT molecular complexity index is 755. The van der Waals surface area contributed by atoms with E-state index in [0.29, 0.717) is 23.7 Å². The first-order valence-corrected chi connectivity index (χ1v) is 8.95. The third-order valence-electron chi connectivity index (χ3n) is 4.04. The summed E-state index contributed by atoms with van der Waals surface area (Å²) in [4.78, 5) is 4.64. The van der Waals surface area contributed by atoms with Gasteiger partial charge in [-0.25, -0.2) is 8.42 Å². The molecule has 118 valence electrons. The average Bonchev–Trinajstić information content (AvgIpc) is 3.15. The lowest BCUT2D eigenvalue weighted by Gasteiger charge is -2.23. The maximum absolute atomic E-state index is 13.0. The van der Waals surface area contributed by atoms with Gasteiger partial charge in [-0.15, -0.1) is 0 Å². The van der Waals surface area contributed by atoms with Crippen molar-refractivity contribution >= 4 is 10.0 Å². The summed E-state index contributed by atoms with van der Waals surface area (Å²) in [6.45, 7) is 4.86. The number of sulfonamides is 1. The van der Waals surface area contributed by atoms with Crippen molar-refractivity contribution in [3.8, 4) is 0 Å². The van der Waals surface area contributed by atoms with E-state index in [4.69, 9.17) is 0 Å². The molecule has 0 amide bonds. The minimum atomic E-state index is -3.55. The molecule has 0 saturated carbocycles. The van der Waals surface area contributed by atoms with Crippen molar-refractivity contribution < 1.29 is 8.42 Å². The quantitative estimate of drug-likeness (QED) is 0.865. The van der Waals surface area contributed by atoms with Crippen molar-refractivity contribution in [2.45, 2.75) is 44.2 Å². The Hall–Kier alpha value is -1.73. The topological polar surface area (TPSA) is 68.1 Å². The first-order valence-electron chi connectivity index (χ1n) is 7.51. The minimum absolute atomic E-state index is 0.185. The standard InChI is InChI=1S/C15H20N4O2S/c1-3-18-11-15(12(2)17-18)22(20,21)19-10-6-8-14(19)13-7-4-5-9-16-13/h4-5,7,9,11,14H,3,6,8,10H2,1-2H3/t14-/m1/s1. The van der Waals surface area contributed by atoms with Crippen LogP contribution in [0.25, 0.3) is 0 Å². The number of aryl methyl sites for hydroxylation is 2. The van der Waals surface area contributed by atoms with Gasteiger partial charge in [-0.2, -0.15) is 9.40 Å². The van der Waals surface area contributed by atoms with Gasteiger partial charge in [0.25, 0.3) is 0 Å². The van der Waals surface area contributed by atoms with Crippen LogP contribution in [0.4, 0.5) is 0 Å². The molecule has 2 aromatic heterocycles. The maximum Gasteiger partial charge on any atom is 0.247 e. The van der Waals surface area contributed by atoms with Gasteiger partial charge < -0.3 is 0 Å². The lowest BCUT2D eigenvalue weighted by Crippen LogP contribution is -2.31. The number of nitrogens with zero attached hydrogens (tertiary/aromatic N) is 4. The molecule has 22 heavy (non-hydrogen) atoms. The van der Waals surface area contributed by atoms with Crippen LogP contribution in [-0.2, 0) is 16.6 Å². The van der Waals surface area contributed by atoms with Crippen molar-refractivity contribution in [3.63, 3.8) is 0 Å². The molecule has 0 aliphatic carbocycles. The van der Waals surface area contributed by atoms with Crippen LogP contribution in [0.3, 0.4) is 0 Å². The molecule has 0 bridgehead atoms. The molecule has 6 nitrogen and oxygen atoms in total. The molecule has 7 heteroatoms. The lowest BCUT2D eigenvalue weighted by atomic mass is 10.1. The minimum Gasteiger partial charge on any atom is -0.271 e. The predicted octanol–water partition coefficient (Wildman–Crippen LogP) is 2.13. The van der Waals surface area contributed by atoms with Gasteiger partial charge in [0.1, 0.15) is 4.90 Å². The van der Waals surface area contributed by atoms with E-state index in [1.165, 1.54) is 0 Å². The van der Waals surface area contributed by atoms with Crippen LogP contribution in [0.2, 0.25) is 0 Å². The van der Waals surface area contributed by atoms with Crippen LogP contribution in [0, 0.1) is 6.92 Å². The van der Waals surface area contributed by atoms with Crippen LogP contribution in [0.1, 0.15) is 37.2 Å². The molecule has 1 saturated heterocycles. The summed E-state index contributed by atoms with van der Waals surface area (Å²) in [5, 5.41) is 4.26. The van der Waals surface area contributed by atoms with E-state index in [-0.39, 0.29) is 6.04 Å². The zero-order valence-electron chi connectivity index (χ0n) is 12.8. The highest BCUT2D eigenvalue weighted by molar-refractivity contribution is 7.89. The smallest absolute Gasteiger partial charge is 0.247 e. The molecule has 2 aromatic rings. The van der Waals surface area contributed by atoms with E-state index in [1.807, 2.05) is 25.1 Å². The Kier molecular flexibility index (Phi) is 4.01. The summed E-state index contributed by atoms with van der Waals surface area (Å²) >= 11 is 0. The highest BCUT2D eigenvalue weighted by Crippen LogP contribution is 2.36. The molecule has 0 unspecified atom stereocenters. The van der Waals surface area contributed by atoms with E-state index in [2.05, 4.69) is 10.1 Å².